The fraction of sp³-hybridized carbons (Fsp3) is 0.316. The molecule has 0 bridgehead atoms. The van der Waals surface area contributed by atoms with Crippen molar-refractivity contribution in [3.8, 4) is 0 Å². The quantitative estimate of drug-likeness (QED) is 0.563. The molecule has 1 aromatic carbocycles. The summed E-state index contributed by atoms with van der Waals surface area (Å²) in [5.74, 6) is 0.548. The second-order valence-electron chi connectivity index (χ2n) is 5.71. The summed E-state index contributed by atoms with van der Waals surface area (Å²) in [5.41, 5.74) is 4.79. The van der Waals surface area contributed by atoms with Gasteiger partial charge in [0.05, 0.1) is 0 Å². The van der Waals surface area contributed by atoms with E-state index in [1.165, 1.54) is 16.7 Å². The molecule has 1 aromatic rings. The van der Waals surface area contributed by atoms with Gasteiger partial charge in [-0.2, -0.15) is 0 Å². The molecule has 1 aliphatic carbocycles. The Morgan fingerprint density at radius 1 is 1.15 bits per heavy atom. The fourth-order valence-corrected chi connectivity index (χ4v) is 2.83. The van der Waals surface area contributed by atoms with E-state index < -0.39 is 0 Å². The van der Waals surface area contributed by atoms with E-state index in [-0.39, 0.29) is 5.92 Å². The molecular formula is C19H22O. The summed E-state index contributed by atoms with van der Waals surface area (Å²) in [4.78, 5) is 11.4. The average molecular weight is 266 g/mol. The van der Waals surface area contributed by atoms with Crippen LogP contribution in [0.3, 0.4) is 0 Å². The molecule has 0 amide bonds. The Hall–Kier alpha value is -1.89. The highest BCUT2D eigenvalue weighted by molar-refractivity contribution is 5.77. The first kappa shape index (κ1) is 14.5. The molecule has 0 saturated carbocycles. The van der Waals surface area contributed by atoms with Gasteiger partial charge in [0.25, 0.3) is 0 Å². The number of allylic oxidation sites excluding steroid dienone is 6. The van der Waals surface area contributed by atoms with E-state index in [2.05, 4.69) is 45.1 Å². The van der Waals surface area contributed by atoms with Crippen LogP contribution in [0.5, 0.6) is 0 Å². The molecule has 104 valence electrons. The predicted molar refractivity (Wildman–Crippen MR) is 84.6 cm³/mol. The van der Waals surface area contributed by atoms with Crippen molar-refractivity contribution in [1.29, 1.82) is 0 Å². The Balaban J connectivity index is 2.40. The normalized spacial score (nSPS) is 21.8. The smallest absolute Gasteiger partial charge is 0.146 e. The lowest BCUT2D eigenvalue weighted by Gasteiger charge is -2.31. The van der Waals surface area contributed by atoms with Crippen molar-refractivity contribution in [2.24, 2.45) is 5.92 Å². The predicted octanol–water partition coefficient (Wildman–Crippen LogP) is 4.83. The number of carbonyl (C=O) groups is 1. The van der Waals surface area contributed by atoms with Crippen LogP contribution in [0, 0.1) is 5.92 Å². The molecule has 1 nitrogen and oxygen atoms in total. The van der Waals surface area contributed by atoms with Crippen LogP contribution in [0.25, 0.3) is 0 Å². The molecular weight excluding hydrogens is 244 g/mol. The Morgan fingerprint density at radius 3 is 2.45 bits per heavy atom. The largest absolute Gasteiger partial charge is 0.298 e. The van der Waals surface area contributed by atoms with Gasteiger partial charge in [-0.3, -0.25) is 4.79 Å². The molecule has 1 heteroatoms. The third-order valence-electron chi connectivity index (χ3n) is 3.96. The summed E-state index contributed by atoms with van der Waals surface area (Å²) in [6, 6.07) is 10.4. The van der Waals surface area contributed by atoms with Gasteiger partial charge < -0.3 is 0 Å². The van der Waals surface area contributed by atoms with Crippen LogP contribution in [0.2, 0.25) is 0 Å². The van der Waals surface area contributed by atoms with Crippen LogP contribution in [-0.2, 0) is 4.79 Å². The first-order valence-electron chi connectivity index (χ1n) is 7.15. The molecule has 2 atom stereocenters. The van der Waals surface area contributed by atoms with Gasteiger partial charge in [0.15, 0.2) is 0 Å². The third kappa shape index (κ3) is 3.16. The zero-order valence-electron chi connectivity index (χ0n) is 12.5. The summed E-state index contributed by atoms with van der Waals surface area (Å²) in [7, 11) is 0. The zero-order valence-corrected chi connectivity index (χ0v) is 12.5. The minimum absolute atomic E-state index is 0.175. The van der Waals surface area contributed by atoms with Gasteiger partial charge >= 0.3 is 0 Å². The second kappa shape index (κ2) is 6.51. The lowest BCUT2D eigenvalue weighted by molar-refractivity contribution is -0.105. The standard InChI is InChI=1S/C19H22O/c1-14(2)9-12-18-15(3)10-11-17(13-20)19(18)16-7-5-4-6-8-16/h4-11,13,18-19H,12H2,1-3H3/t18-,19-/m0/s1. The number of benzene rings is 1. The molecule has 0 radical (unpaired) electrons. The van der Waals surface area contributed by atoms with Gasteiger partial charge in [-0.25, -0.2) is 0 Å². The Labute approximate surface area is 121 Å². The lowest BCUT2D eigenvalue weighted by atomic mass is 9.73. The summed E-state index contributed by atoms with van der Waals surface area (Å²) in [5, 5.41) is 0. The Morgan fingerprint density at radius 2 is 1.85 bits per heavy atom. The molecule has 0 heterocycles. The van der Waals surface area contributed by atoms with E-state index in [0.717, 1.165) is 18.3 Å². The van der Waals surface area contributed by atoms with Gasteiger partial charge in [0.2, 0.25) is 0 Å². The minimum Gasteiger partial charge on any atom is -0.298 e. The third-order valence-corrected chi connectivity index (χ3v) is 3.96. The monoisotopic (exact) mass is 266 g/mol. The number of hydrogen-bond donors (Lipinski definition) is 0. The van der Waals surface area contributed by atoms with Gasteiger partial charge in [0, 0.05) is 5.92 Å². The molecule has 0 aromatic heterocycles. The Kier molecular flexibility index (Phi) is 4.73. The molecule has 1 aliphatic rings. The fourth-order valence-electron chi connectivity index (χ4n) is 2.83. The zero-order chi connectivity index (χ0) is 14.5. The van der Waals surface area contributed by atoms with Crippen LogP contribution < -0.4 is 0 Å². The molecule has 2 rings (SSSR count). The van der Waals surface area contributed by atoms with Gasteiger partial charge in [-0.15, -0.1) is 0 Å². The molecule has 0 unspecified atom stereocenters. The maximum absolute atomic E-state index is 11.4. The Bertz CT molecular complexity index is 557. The van der Waals surface area contributed by atoms with Crippen molar-refractivity contribution in [2.45, 2.75) is 33.1 Å². The highest BCUT2D eigenvalue weighted by Gasteiger charge is 2.29. The minimum atomic E-state index is 0.175. The summed E-state index contributed by atoms with van der Waals surface area (Å²) < 4.78 is 0. The van der Waals surface area contributed by atoms with Crippen LogP contribution >= 0.6 is 0 Å². The van der Waals surface area contributed by atoms with Gasteiger partial charge in [-0.1, -0.05) is 59.7 Å². The van der Waals surface area contributed by atoms with Crippen molar-refractivity contribution < 1.29 is 4.79 Å². The molecule has 0 fully saturated rings. The van der Waals surface area contributed by atoms with E-state index >= 15 is 0 Å². The van der Waals surface area contributed by atoms with E-state index in [1.54, 1.807) is 0 Å². The van der Waals surface area contributed by atoms with E-state index in [9.17, 15) is 4.79 Å². The first-order valence-corrected chi connectivity index (χ1v) is 7.15. The second-order valence-corrected chi connectivity index (χ2v) is 5.71. The number of carbonyl (C=O) groups excluding carboxylic acids is 1. The van der Waals surface area contributed by atoms with E-state index in [1.807, 2.05) is 24.3 Å². The number of aldehydes is 1. The highest BCUT2D eigenvalue weighted by atomic mass is 16.1. The van der Waals surface area contributed by atoms with Crippen LogP contribution in [0.15, 0.2) is 65.3 Å². The van der Waals surface area contributed by atoms with Crippen LogP contribution in [0.4, 0.5) is 0 Å². The maximum Gasteiger partial charge on any atom is 0.146 e. The van der Waals surface area contributed by atoms with Gasteiger partial charge in [-0.05, 0) is 44.2 Å². The van der Waals surface area contributed by atoms with Crippen molar-refractivity contribution in [1.82, 2.24) is 0 Å². The van der Waals surface area contributed by atoms with Gasteiger partial charge in [0.1, 0.15) is 6.29 Å². The summed E-state index contributed by atoms with van der Waals surface area (Å²) >= 11 is 0. The highest BCUT2D eigenvalue weighted by Crippen LogP contribution is 2.40. The van der Waals surface area contributed by atoms with Crippen molar-refractivity contribution in [3.63, 3.8) is 0 Å². The topological polar surface area (TPSA) is 17.1 Å². The van der Waals surface area contributed by atoms with Crippen molar-refractivity contribution >= 4 is 6.29 Å². The molecule has 0 N–H and O–H groups in total. The lowest BCUT2D eigenvalue weighted by Crippen LogP contribution is -2.19. The molecule has 0 saturated heterocycles. The summed E-state index contributed by atoms with van der Waals surface area (Å²) in [6.45, 7) is 6.41. The summed E-state index contributed by atoms with van der Waals surface area (Å²) in [6.07, 6.45) is 8.32. The first-order chi connectivity index (χ1) is 9.63. The SMILES string of the molecule is CC(C)=CC[C@H]1C(C)=CC=C(C=O)[C@@H]1c1ccccc1. The number of hydrogen-bond acceptors (Lipinski definition) is 1. The number of rotatable bonds is 4. The molecule has 0 aliphatic heterocycles. The van der Waals surface area contributed by atoms with Crippen molar-refractivity contribution in [2.75, 3.05) is 0 Å². The molecule has 20 heavy (non-hydrogen) atoms. The van der Waals surface area contributed by atoms with E-state index in [0.29, 0.717) is 5.92 Å². The average Bonchev–Trinajstić information content (AvgIpc) is 2.46. The molecule has 0 spiro atoms. The maximum atomic E-state index is 11.4. The van der Waals surface area contributed by atoms with Crippen molar-refractivity contribution in [3.05, 3.63) is 70.8 Å². The van der Waals surface area contributed by atoms with Crippen LogP contribution in [-0.4, -0.2) is 6.29 Å². The van der Waals surface area contributed by atoms with E-state index in [4.69, 9.17) is 0 Å². The van der Waals surface area contributed by atoms with Crippen LogP contribution in [0.1, 0.15) is 38.7 Å².